The Balaban J connectivity index is 1.39. The van der Waals surface area contributed by atoms with Crippen molar-refractivity contribution in [2.75, 3.05) is 13.7 Å². The van der Waals surface area contributed by atoms with Crippen LogP contribution in [0.5, 0.6) is 11.5 Å². The maximum absolute atomic E-state index is 10.9. The molecule has 1 atom stereocenters. The summed E-state index contributed by atoms with van der Waals surface area (Å²) in [6.45, 7) is 3.06. The molecule has 4 aliphatic rings. The topological polar surface area (TPSA) is 73.6 Å². The highest BCUT2D eigenvalue weighted by molar-refractivity contribution is 5.75. The smallest absolute Gasteiger partial charge is 0.255 e. The molecular weight excluding hydrogens is 340 g/mol. The SMILES string of the molecule is COc1cc(CN[C@@H](C)C23CC4CC(CC(C4)C2)C3)ccc1OCC(N)=O. The Bertz CT molecular complexity index is 668. The molecule has 5 nitrogen and oxygen atoms in total. The van der Waals surface area contributed by atoms with Gasteiger partial charge in [-0.1, -0.05) is 6.07 Å². The Labute approximate surface area is 162 Å². The number of carbonyl (C=O) groups excluding carboxylic acids is 1. The van der Waals surface area contributed by atoms with E-state index in [1.807, 2.05) is 18.2 Å². The molecule has 4 bridgehead atoms. The van der Waals surface area contributed by atoms with Gasteiger partial charge < -0.3 is 20.5 Å². The van der Waals surface area contributed by atoms with Gasteiger partial charge in [0.2, 0.25) is 0 Å². The Hall–Kier alpha value is -1.75. The van der Waals surface area contributed by atoms with Crippen LogP contribution in [-0.4, -0.2) is 25.7 Å². The van der Waals surface area contributed by atoms with E-state index in [4.69, 9.17) is 15.2 Å². The first-order valence-corrected chi connectivity index (χ1v) is 10.3. The lowest BCUT2D eigenvalue weighted by Gasteiger charge is -2.59. The number of methoxy groups -OCH3 is 1. The molecule has 0 saturated heterocycles. The molecule has 0 heterocycles. The quantitative estimate of drug-likeness (QED) is 0.735. The van der Waals surface area contributed by atoms with Gasteiger partial charge in [0, 0.05) is 12.6 Å². The predicted octanol–water partition coefficient (Wildman–Crippen LogP) is 3.25. The van der Waals surface area contributed by atoms with Gasteiger partial charge in [0.25, 0.3) is 5.91 Å². The summed E-state index contributed by atoms with van der Waals surface area (Å²) in [4.78, 5) is 10.9. The monoisotopic (exact) mass is 372 g/mol. The summed E-state index contributed by atoms with van der Waals surface area (Å²) in [7, 11) is 1.61. The summed E-state index contributed by atoms with van der Waals surface area (Å²) in [5, 5.41) is 3.81. The molecule has 4 saturated carbocycles. The van der Waals surface area contributed by atoms with Crippen molar-refractivity contribution in [1.29, 1.82) is 0 Å². The molecule has 148 valence electrons. The third-order valence-electron chi connectivity index (χ3n) is 7.21. The number of hydrogen-bond acceptors (Lipinski definition) is 4. The third kappa shape index (κ3) is 3.79. The maximum Gasteiger partial charge on any atom is 0.255 e. The van der Waals surface area contributed by atoms with Crippen LogP contribution in [-0.2, 0) is 11.3 Å². The van der Waals surface area contributed by atoms with Gasteiger partial charge in [-0.2, -0.15) is 0 Å². The molecule has 5 rings (SSSR count). The number of primary amides is 1. The van der Waals surface area contributed by atoms with Crippen LogP contribution < -0.4 is 20.5 Å². The van der Waals surface area contributed by atoms with Crippen LogP contribution >= 0.6 is 0 Å². The van der Waals surface area contributed by atoms with Crippen LogP contribution in [0.15, 0.2) is 18.2 Å². The highest BCUT2D eigenvalue weighted by atomic mass is 16.5. The number of carbonyl (C=O) groups is 1. The van der Waals surface area contributed by atoms with Gasteiger partial charge in [-0.25, -0.2) is 0 Å². The predicted molar refractivity (Wildman–Crippen MR) is 105 cm³/mol. The number of rotatable bonds is 8. The highest BCUT2D eigenvalue weighted by Crippen LogP contribution is 2.61. The zero-order valence-corrected chi connectivity index (χ0v) is 16.5. The minimum absolute atomic E-state index is 0.142. The standard InChI is InChI=1S/C22H32N2O3/c1-14(22-9-16-5-17(10-22)7-18(6-16)11-22)24-12-15-3-4-19(20(8-15)26-2)27-13-21(23)25/h3-4,8,14,16-18,24H,5-7,9-13H2,1-2H3,(H2,23,25)/t14-,16?,17?,18?,22?/m0/s1. The van der Waals surface area contributed by atoms with Gasteiger partial charge in [0.05, 0.1) is 7.11 Å². The highest BCUT2D eigenvalue weighted by Gasteiger charge is 2.52. The lowest BCUT2D eigenvalue weighted by atomic mass is 9.48. The zero-order chi connectivity index (χ0) is 19.0. The molecule has 1 aromatic rings. The van der Waals surface area contributed by atoms with E-state index in [2.05, 4.69) is 12.2 Å². The van der Waals surface area contributed by atoms with E-state index in [1.54, 1.807) is 7.11 Å². The molecule has 27 heavy (non-hydrogen) atoms. The van der Waals surface area contributed by atoms with Crippen LogP contribution in [0.2, 0.25) is 0 Å². The number of nitrogens with two attached hydrogens (primary N) is 1. The van der Waals surface area contributed by atoms with Crippen molar-refractivity contribution < 1.29 is 14.3 Å². The van der Waals surface area contributed by atoms with Crippen molar-refractivity contribution in [3.63, 3.8) is 0 Å². The normalized spacial score (nSPS) is 32.3. The number of nitrogens with one attached hydrogen (secondary N) is 1. The summed E-state index contributed by atoms with van der Waals surface area (Å²) in [6.07, 6.45) is 8.69. The minimum Gasteiger partial charge on any atom is -0.493 e. The Morgan fingerprint density at radius 2 is 1.81 bits per heavy atom. The summed E-state index contributed by atoms with van der Waals surface area (Å²) in [5.74, 6) is 3.62. The molecule has 1 aromatic carbocycles. The molecule has 3 N–H and O–H groups in total. The second-order valence-corrected chi connectivity index (χ2v) is 9.12. The molecule has 4 aliphatic carbocycles. The lowest BCUT2D eigenvalue weighted by Crippen LogP contribution is -2.54. The number of benzene rings is 1. The average molecular weight is 373 g/mol. The molecule has 0 aromatic heterocycles. The van der Waals surface area contributed by atoms with Crippen LogP contribution in [0.1, 0.15) is 51.0 Å². The van der Waals surface area contributed by atoms with Crippen molar-refractivity contribution in [1.82, 2.24) is 5.32 Å². The van der Waals surface area contributed by atoms with E-state index in [0.29, 0.717) is 23.0 Å². The molecule has 0 aliphatic heterocycles. The van der Waals surface area contributed by atoms with Crippen LogP contribution in [0.4, 0.5) is 0 Å². The number of ether oxygens (including phenoxy) is 2. The maximum atomic E-state index is 10.9. The van der Waals surface area contributed by atoms with E-state index in [1.165, 1.54) is 38.5 Å². The van der Waals surface area contributed by atoms with Crippen molar-refractivity contribution in [2.24, 2.45) is 28.9 Å². The van der Waals surface area contributed by atoms with Crippen molar-refractivity contribution in [2.45, 2.75) is 58.0 Å². The average Bonchev–Trinajstić information content (AvgIpc) is 2.63. The second kappa shape index (κ2) is 7.34. The first-order valence-electron chi connectivity index (χ1n) is 10.3. The Kier molecular flexibility index (Phi) is 5.06. The molecule has 4 fully saturated rings. The molecular formula is C22H32N2O3. The largest absolute Gasteiger partial charge is 0.493 e. The lowest BCUT2D eigenvalue weighted by molar-refractivity contribution is -0.119. The molecule has 0 spiro atoms. The van der Waals surface area contributed by atoms with Crippen LogP contribution in [0, 0.1) is 23.2 Å². The zero-order valence-electron chi connectivity index (χ0n) is 16.5. The Morgan fingerprint density at radius 1 is 1.19 bits per heavy atom. The summed E-state index contributed by atoms with van der Waals surface area (Å²) < 4.78 is 10.8. The molecule has 5 heteroatoms. The van der Waals surface area contributed by atoms with Crippen LogP contribution in [0.25, 0.3) is 0 Å². The van der Waals surface area contributed by atoms with Gasteiger partial charge in [-0.3, -0.25) is 4.79 Å². The fraction of sp³-hybridized carbons (Fsp3) is 0.682. The first-order chi connectivity index (χ1) is 13.0. The van der Waals surface area contributed by atoms with Gasteiger partial charge in [0.15, 0.2) is 18.1 Å². The molecule has 1 amide bonds. The first kappa shape index (κ1) is 18.6. The second-order valence-electron chi connectivity index (χ2n) is 9.12. The minimum atomic E-state index is -0.493. The van der Waals surface area contributed by atoms with Gasteiger partial charge in [-0.15, -0.1) is 0 Å². The van der Waals surface area contributed by atoms with Gasteiger partial charge >= 0.3 is 0 Å². The van der Waals surface area contributed by atoms with Crippen molar-refractivity contribution in [3.05, 3.63) is 23.8 Å². The third-order valence-corrected chi connectivity index (χ3v) is 7.21. The molecule has 0 unspecified atom stereocenters. The summed E-state index contributed by atoms with van der Waals surface area (Å²) in [5.41, 5.74) is 6.82. The fourth-order valence-corrected chi connectivity index (χ4v) is 6.29. The van der Waals surface area contributed by atoms with E-state index in [-0.39, 0.29) is 6.61 Å². The Morgan fingerprint density at radius 3 is 2.37 bits per heavy atom. The van der Waals surface area contributed by atoms with Gasteiger partial charge in [-0.05, 0) is 86.3 Å². The number of hydrogen-bond donors (Lipinski definition) is 2. The van der Waals surface area contributed by atoms with E-state index in [0.717, 1.165) is 29.9 Å². The summed E-state index contributed by atoms with van der Waals surface area (Å²) in [6, 6.07) is 6.39. The van der Waals surface area contributed by atoms with E-state index >= 15 is 0 Å². The molecule has 0 radical (unpaired) electrons. The van der Waals surface area contributed by atoms with Crippen molar-refractivity contribution in [3.8, 4) is 11.5 Å². The van der Waals surface area contributed by atoms with E-state index < -0.39 is 5.91 Å². The van der Waals surface area contributed by atoms with E-state index in [9.17, 15) is 4.79 Å². The fourth-order valence-electron chi connectivity index (χ4n) is 6.29. The van der Waals surface area contributed by atoms with Crippen molar-refractivity contribution >= 4 is 5.91 Å². The summed E-state index contributed by atoms with van der Waals surface area (Å²) >= 11 is 0. The number of amides is 1. The van der Waals surface area contributed by atoms with Crippen LogP contribution in [0.3, 0.4) is 0 Å². The van der Waals surface area contributed by atoms with Gasteiger partial charge in [0.1, 0.15) is 0 Å².